The van der Waals surface area contributed by atoms with Crippen molar-refractivity contribution in [1.29, 1.82) is 0 Å². The fourth-order valence-corrected chi connectivity index (χ4v) is 4.26. The van der Waals surface area contributed by atoms with Crippen molar-refractivity contribution in [2.75, 3.05) is 10.7 Å². The lowest BCUT2D eigenvalue weighted by Gasteiger charge is -2.20. The Morgan fingerprint density at radius 3 is 2.48 bits per heavy atom. The average molecular weight is 486 g/mol. The summed E-state index contributed by atoms with van der Waals surface area (Å²) in [6, 6.07) is 21.4. The molecule has 144 valence electrons. The van der Waals surface area contributed by atoms with Gasteiger partial charge in [0.1, 0.15) is 0 Å². The SMILES string of the molecule is O=C(c1ccccc1)c1cc(Cl)ccc1N1C(=O)CSC1=Nc1ccc(Br)cc1. The summed E-state index contributed by atoms with van der Waals surface area (Å²) >= 11 is 10.9. The molecule has 1 aliphatic heterocycles. The summed E-state index contributed by atoms with van der Waals surface area (Å²) in [4.78, 5) is 32.0. The molecule has 29 heavy (non-hydrogen) atoms. The number of aliphatic imine (C=N–C) groups is 1. The maximum atomic E-state index is 13.1. The number of nitrogens with zero attached hydrogens (tertiary/aromatic N) is 2. The maximum absolute atomic E-state index is 13.1. The summed E-state index contributed by atoms with van der Waals surface area (Å²) in [6.07, 6.45) is 0. The number of ketones is 1. The van der Waals surface area contributed by atoms with E-state index in [1.807, 2.05) is 30.3 Å². The largest absolute Gasteiger partial charge is 0.289 e. The molecule has 1 heterocycles. The van der Waals surface area contributed by atoms with Gasteiger partial charge in [-0.3, -0.25) is 14.5 Å². The summed E-state index contributed by atoms with van der Waals surface area (Å²) in [7, 11) is 0. The first-order valence-electron chi connectivity index (χ1n) is 8.72. The monoisotopic (exact) mass is 484 g/mol. The second kappa shape index (κ2) is 8.53. The third-order valence-electron chi connectivity index (χ3n) is 4.30. The number of anilines is 1. The van der Waals surface area contributed by atoms with Gasteiger partial charge in [0, 0.05) is 20.6 Å². The highest BCUT2D eigenvalue weighted by Crippen LogP contribution is 2.34. The molecule has 3 aromatic carbocycles. The number of carbonyl (C=O) groups is 2. The molecule has 1 fully saturated rings. The molecule has 1 amide bonds. The van der Waals surface area contributed by atoms with Crippen molar-refractivity contribution < 1.29 is 9.59 Å². The number of halogens is 2. The van der Waals surface area contributed by atoms with Crippen LogP contribution >= 0.6 is 39.3 Å². The molecule has 4 nitrogen and oxygen atoms in total. The zero-order valence-electron chi connectivity index (χ0n) is 15.0. The molecule has 0 unspecified atom stereocenters. The molecular weight excluding hydrogens is 472 g/mol. The fraction of sp³-hybridized carbons (Fsp3) is 0.0455. The first-order chi connectivity index (χ1) is 14.0. The maximum Gasteiger partial charge on any atom is 0.243 e. The van der Waals surface area contributed by atoms with Gasteiger partial charge in [-0.15, -0.1) is 0 Å². The smallest absolute Gasteiger partial charge is 0.243 e. The van der Waals surface area contributed by atoms with E-state index < -0.39 is 0 Å². The molecule has 3 aromatic rings. The molecule has 0 aliphatic carbocycles. The molecule has 7 heteroatoms. The minimum absolute atomic E-state index is 0.129. The van der Waals surface area contributed by atoms with Crippen LogP contribution in [-0.2, 0) is 4.79 Å². The van der Waals surface area contributed by atoms with Crippen molar-refractivity contribution in [2.45, 2.75) is 0 Å². The van der Waals surface area contributed by atoms with Gasteiger partial charge in [0.25, 0.3) is 0 Å². The molecular formula is C22H14BrClN2O2S. The van der Waals surface area contributed by atoms with Crippen molar-refractivity contribution in [3.05, 3.63) is 93.4 Å². The van der Waals surface area contributed by atoms with E-state index in [2.05, 4.69) is 20.9 Å². The molecule has 0 N–H and O–H groups in total. The summed E-state index contributed by atoms with van der Waals surface area (Å²) in [5.41, 5.74) is 2.10. The number of hydrogen-bond acceptors (Lipinski definition) is 4. The van der Waals surface area contributed by atoms with Crippen LogP contribution < -0.4 is 4.90 Å². The lowest BCUT2D eigenvalue weighted by molar-refractivity contribution is -0.115. The lowest BCUT2D eigenvalue weighted by Crippen LogP contribution is -2.30. The van der Waals surface area contributed by atoms with Gasteiger partial charge < -0.3 is 0 Å². The Morgan fingerprint density at radius 2 is 1.76 bits per heavy atom. The fourth-order valence-electron chi connectivity index (χ4n) is 2.94. The second-order valence-corrected chi connectivity index (χ2v) is 8.54. The van der Waals surface area contributed by atoms with Gasteiger partial charge in [0.05, 0.1) is 17.1 Å². The highest BCUT2D eigenvalue weighted by atomic mass is 79.9. The van der Waals surface area contributed by atoms with Crippen LogP contribution in [0.1, 0.15) is 15.9 Å². The topological polar surface area (TPSA) is 49.7 Å². The summed E-state index contributed by atoms with van der Waals surface area (Å²) < 4.78 is 0.946. The Bertz CT molecular complexity index is 1120. The predicted molar refractivity (Wildman–Crippen MR) is 123 cm³/mol. The van der Waals surface area contributed by atoms with Gasteiger partial charge in [-0.1, -0.05) is 69.6 Å². The second-order valence-electron chi connectivity index (χ2n) is 6.25. The van der Waals surface area contributed by atoms with Gasteiger partial charge in [-0.05, 0) is 42.5 Å². The molecule has 1 saturated heterocycles. The molecule has 0 atom stereocenters. The number of hydrogen-bond donors (Lipinski definition) is 0. The highest BCUT2D eigenvalue weighted by Gasteiger charge is 2.32. The van der Waals surface area contributed by atoms with Crippen LogP contribution in [-0.4, -0.2) is 22.6 Å². The molecule has 0 saturated carbocycles. The lowest BCUT2D eigenvalue weighted by atomic mass is 10.0. The normalized spacial score (nSPS) is 15.2. The van der Waals surface area contributed by atoms with E-state index in [-0.39, 0.29) is 17.4 Å². The minimum Gasteiger partial charge on any atom is -0.289 e. The van der Waals surface area contributed by atoms with E-state index in [4.69, 9.17) is 11.6 Å². The van der Waals surface area contributed by atoms with Crippen molar-refractivity contribution in [3.63, 3.8) is 0 Å². The van der Waals surface area contributed by atoms with E-state index in [1.165, 1.54) is 16.7 Å². The van der Waals surface area contributed by atoms with Gasteiger partial charge in [0.15, 0.2) is 11.0 Å². The Labute approximate surface area is 185 Å². The summed E-state index contributed by atoms with van der Waals surface area (Å²) in [5.74, 6) is -0.0668. The first-order valence-corrected chi connectivity index (χ1v) is 10.9. The third-order valence-corrected chi connectivity index (χ3v) is 5.98. The van der Waals surface area contributed by atoms with Crippen LogP contribution in [0.15, 0.2) is 82.3 Å². The minimum atomic E-state index is -0.198. The summed E-state index contributed by atoms with van der Waals surface area (Å²) in [6.45, 7) is 0. The number of amidine groups is 1. The quantitative estimate of drug-likeness (QED) is 0.420. The summed E-state index contributed by atoms with van der Waals surface area (Å²) in [5, 5.41) is 0.959. The van der Waals surface area contributed by atoms with Crippen molar-refractivity contribution in [1.82, 2.24) is 0 Å². The van der Waals surface area contributed by atoms with E-state index >= 15 is 0 Å². The van der Waals surface area contributed by atoms with Gasteiger partial charge >= 0.3 is 0 Å². The molecule has 0 spiro atoms. The Balaban J connectivity index is 1.79. The Hall–Kier alpha value is -2.41. The number of amides is 1. The molecule has 0 radical (unpaired) electrons. The molecule has 1 aliphatic rings. The standard InChI is InChI=1S/C22H14BrClN2O2S/c23-15-6-9-17(10-7-15)25-22-26(20(27)13-29-22)19-11-8-16(24)12-18(19)21(28)14-4-2-1-3-5-14/h1-12H,13H2. The van der Waals surface area contributed by atoms with E-state index in [0.29, 0.717) is 27.0 Å². The Morgan fingerprint density at radius 1 is 1.03 bits per heavy atom. The van der Waals surface area contributed by atoms with Crippen LogP contribution in [0.2, 0.25) is 5.02 Å². The van der Waals surface area contributed by atoms with Crippen LogP contribution in [0.3, 0.4) is 0 Å². The number of benzene rings is 3. The zero-order valence-corrected chi connectivity index (χ0v) is 18.2. The van der Waals surface area contributed by atoms with Crippen LogP contribution in [0.5, 0.6) is 0 Å². The van der Waals surface area contributed by atoms with Crippen LogP contribution in [0.4, 0.5) is 11.4 Å². The third kappa shape index (κ3) is 4.29. The first kappa shape index (κ1) is 19.9. The van der Waals surface area contributed by atoms with Crippen LogP contribution in [0, 0.1) is 0 Å². The van der Waals surface area contributed by atoms with E-state index in [0.717, 1.165) is 10.2 Å². The zero-order chi connectivity index (χ0) is 20.4. The number of thioether (sulfide) groups is 1. The van der Waals surface area contributed by atoms with Gasteiger partial charge in [0.2, 0.25) is 5.91 Å². The highest BCUT2D eigenvalue weighted by molar-refractivity contribution is 9.10. The molecule has 0 bridgehead atoms. The van der Waals surface area contributed by atoms with Gasteiger partial charge in [-0.25, -0.2) is 4.99 Å². The Kier molecular flexibility index (Phi) is 5.85. The van der Waals surface area contributed by atoms with Crippen molar-refractivity contribution in [3.8, 4) is 0 Å². The number of carbonyl (C=O) groups excluding carboxylic acids is 2. The molecule has 0 aromatic heterocycles. The van der Waals surface area contributed by atoms with E-state index in [1.54, 1.807) is 42.5 Å². The van der Waals surface area contributed by atoms with Crippen molar-refractivity contribution in [2.24, 2.45) is 4.99 Å². The number of rotatable bonds is 4. The van der Waals surface area contributed by atoms with E-state index in [9.17, 15) is 9.59 Å². The van der Waals surface area contributed by atoms with Crippen LogP contribution in [0.25, 0.3) is 0 Å². The van der Waals surface area contributed by atoms with Gasteiger partial charge in [-0.2, -0.15) is 0 Å². The predicted octanol–water partition coefficient (Wildman–Crippen LogP) is 6.10. The average Bonchev–Trinajstić information content (AvgIpc) is 3.09. The van der Waals surface area contributed by atoms with Crippen molar-refractivity contribution >= 4 is 67.5 Å². The molecule has 4 rings (SSSR count).